The van der Waals surface area contributed by atoms with Crippen LogP contribution >= 0.6 is 0 Å². The molecule has 106 valence electrons. The fourth-order valence-electron chi connectivity index (χ4n) is 2.82. The number of nitrogens with zero attached hydrogens (tertiary/aromatic N) is 2. The Morgan fingerprint density at radius 1 is 1.53 bits per heavy atom. The Balaban J connectivity index is 2.19. The Morgan fingerprint density at radius 2 is 2.26 bits per heavy atom. The van der Waals surface area contributed by atoms with Gasteiger partial charge >= 0.3 is 0 Å². The molecule has 5 nitrogen and oxygen atoms in total. The summed E-state index contributed by atoms with van der Waals surface area (Å²) in [5.41, 5.74) is 2.47. The summed E-state index contributed by atoms with van der Waals surface area (Å²) in [6.45, 7) is 7.79. The van der Waals surface area contributed by atoms with Gasteiger partial charge in [-0.25, -0.2) is 0 Å². The molecule has 1 aromatic heterocycles. The van der Waals surface area contributed by atoms with Crippen LogP contribution in [0.25, 0.3) is 0 Å². The van der Waals surface area contributed by atoms with Gasteiger partial charge in [0, 0.05) is 13.6 Å². The van der Waals surface area contributed by atoms with E-state index in [1.807, 2.05) is 25.6 Å². The highest BCUT2D eigenvalue weighted by Gasteiger charge is 2.38. The molecule has 0 bridgehead atoms. The third-order valence-electron chi connectivity index (χ3n) is 4.38. The van der Waals surface area contributed by atoms with E-state index in [0.717, 1.165) is 49.4 Å². The lowest BCUT2D eigenvalue weighted by molar-refractivity contribution is -0.126. The van der Waals surface area contributed by atoms with Crippen molar-refractivity contribution in [1.82, 2.24) is 15.1 Å². The molecule has 19 heavy (non-hydrogen) atoms. The maximum atomic E-state index is 12.6. The van der Waals surface area contributed by atoms with Gasteiger partial charge in [0.2, 0.25) is 5.91 Å². The van der Waals surface area contributed by atoms with Gasteiger partial charge in [-0.15, -0.1) is 0 Å². The quantitative estimate of drug-likeness (QED) is 0.874. The van der Waals surface area contributed by atoms with Crippen molar-refractivity contribution in [3.8, 4) is 0 Å². The van der Waals surface area contributed by atoms with Gasteiger partial charge in [0.1, 0.15) is 0 Å². The van der Waals surface area contributed by atoms with Crippen molar-refractivity contribution < 1.29 is 4.79 Å². The second-order valence-electron chi connectivity index (χ2n) is 5.54. The van der Waals surface area contributed by atoms with E-state index >= 15 is 0 Å². The Bertz CT molecular complexity index is 472. The molecule has 1 aliphatic heterocycles. The maximum absolute atomic E-state index is 12.6. The first-order chi connectivity index (χ1) is 9.00. The number of carbonyl (C=O) groups is 1. The predicted octanol–water partition coefficient (Wildman–Crippen LogP) is 1.76. The zero-order valence-corrected chi connectivity index (χ0v) is 12.3. The van der Waals surface area contributed by atoms with Gasteiger partial charge in [0.05, 0.1) is 22.5 Å². The zero-order chi connectivity index (χ0) is 14.0. The summed E-state index contributed by atoms with van der Waals surface area (Å²) in [5.74, 6) is 0.126. The minimum absolute atomic E-state index is 0.126. The minimum atomic E-state index is -0.271. The maximum Gasteiger partial charge on any atom is 0.231 e. The van der Waals surface area contributed by atoms with Crippen LogP contribution in [0.15, 0.2) is 0 Å². The molecule has 2 rings (SSSR count). The summed E-state index contributed by atoms with van der Waals surface area (Å²) >= 11 is 0. The molecule has 0 aromatic carbocycles. The molecule has 2 heterocycles. The molecule has 0 saturated carbocycles. The van der Waals surface area contributed by atoms with E-state index in [9.17, 15) is 4.79 Å². The standard InChI is InChI=1S/C14H24N4O/c1-5-14(7-6-8-15-9-14)13(19)16-12-10(2)17-18(4)11(12)3/h15H,5-9H2,1-4H3,(H,16,19). The molecule has 5 heteroatoms. The molecule has 1 atom stereocenters. The van der Waals surface area contributed by atoms with E-state index in [0.29, 0.717) is 0 Å². The monoisotopic (exact) mass is 264 g/mol. The number of rotatable bonds is 3. The van der Waals surface area contributed by atoms with Crippen LogP contribution in [0.3, 0.4) is 0 Å². The first-order valence-corrected chi connectivity index (χ1v) is 7.02. The third-order valence-corrected chi connectivity index (χ3v) is 4.38. The van der Waals surface area contributed by atoms with Crippen molar-refractivity contribution in [3.05, 3.63) is 11.4 Å². The van der Waals surface area contributed by atoms with Crippen molar-refractivity contribution in [2.24, 2.45) is 12.5 Å². The van der Waals surface area contributed by atoms with E-state index in [1.165, 1.54) is 0 Å². The van der Waals surface area contributed by atoms with Crippen LogP contribution in [0.5, 0.6) is 0 Å². The number of anilines is 1. The normalized spacial score (nSPS) is 23.4. The van der Waals surface area contributed by atoms with Crippen LogP contribution in [0.4, 0.5) is 5.69 Å². The van der Waals surface area contributed by atoms with Crippen molar-refractivity contribution in [2.45, 2.75) is 40.0 Å². The van der Waals surface area contributed by atoms with Crippen molar-refractivity contribution in [1.29, 1.82) is 0 Å². The average molecular weight is 264 g/mol. The van der Waals surface area contributed by atoms with Crippen molar-refractivity contribution in [2.75, 3.05) is 18.4 Å². The van der Waals surface area contributed by atoms with Gasteiger partial charge in [-0.3, -0.25) is 9.48 Å². The van der Waals surface area contributed by atoms with E-state index in [4.69, 9.17) is 0 Å². The lowest BCUT2D eigenvalue weighted by Crippen LogP contribution is -2.47. The zero-order valence-electron chi connectivity index (χ0n) is 12.3. The molecule has 1 saturated heterocycles. The van der Waals surface area contributed by atoms with E-state index in [1.54, 1.807) is 0 Å². The smallest absolute Gasteiger partial charge is 0.231 e. The second kappa shape index (κ2) is 5.33. The molecule has 0 radical (unpaired) electrons. The fourth-order valence-corrected chi connectivity index (χ4v) is 2.82. The van der Waals surface area contributed by atoms with Gasteiger partial charge in [-0.1, -0.05) is 6.92 Å². The van der Waals surface area contributed by atoms with E-state index < -0.39 is 0 Å². The van der Waals surface area contributed by atoms with Gasteiger partial charge < -0.3 is 10.6 Å². The second-order valence-corrected chi connectivity index (χ2v) is 5.54. The number of hydrogen-bond donors (Lipinski definition) is 2. The highest BCUT2D eigenvalue weighted by Crippen LogP contribution is 2.32. The molecule has 1 unspecified atom stereocenters. The van der Waals surface area contributed by atoms with Gasteiger partial charge in [-0.05, 0) is 39.7 Å². The first kappa shape index (κ1) is 14.1. The Labute approximate surface area is 114 Å². The van der Waals surface area contributed by atoms with Crippen LogP contribution in [-0.4, -0.2) is 28.8 Å². The molecule has 1 aliphatic rings. The van der Waals surface area contributed by atoms with Crippen molar-refractivity contribution >= 4 is 11.6 Å². The molecule has 1 fully saturated rings. The average Bonchev–Trinajstić information content (AvgIpc) is 2.66. The summed E-state index contributed by atoms with van der Waals surface area (Å²) < 4.78 is 1.81. The number of amides is 1. The summed E-state index contributed by atoms with van der Waals surface area (Å²) in [5, 5.41) is 10.8. The number of nitrogens with one attached hydrogen (secondary N) is 2. The first-order valence-electron chi connectivity index (χ1n) is 7.02. The Morgan fingerprint density at radius 3 is 2.74 bits per heavy atom. The van der Waals surface area contributed by atoms with Gasteiger partial charge in [-0.2, -0.15) is 5.10 Å². The summed E-state index contributed by atoms with van der Waals surface area (Å²) in [7, 11) is 1.90. The molecule has 1 amide bonds. The van der Waals surface area contributed by atoms with Crippen LogP contribution in [0.1, 0.15) is 37.6 Å². The SMILES string of the molecule is CCC1(C(=O)Nc2c(C)nn(C)c2C)CCCNC1. The highest BCUT2D eigenvalue weighted by atomic mass is 16.2. The lowest BCUT2D eigenvalue weighted by atomic mass is 9.77. The molecule has 2 N–H and O–H groups in total. The molecule has 0 aliphatic carbocycles. The number of piperidine rings is 1. The Kier molecular flexibility index (Phi) is 3.94. The van der Waals surface area contributed by atoms with Gasteiger partial charge in [0.15, 0.2) is 0 Å². The molecular weight excluding hydrogens is 240 g/mol. The largest absolute Gasteiger partial charge is 0.322 e. The number of aryl methyl sites for hydroxylation is 2. The molecule has 0 spiro atoms. The Hall–Kier alpha value is -1.36. The molecular formula is C14H24N4O. The van der Waals surface area contributed by atoms with E-state index in [2.05, 4.69) is 22.7 Å². The topological polar surface area (TPSA) is 59.0 Å². The van der Waals surface area contributed by atoms with Crippen LogP contribution in [0, 0.1) is 19.3 Å². The number of aromatic nitrogens is 2. The molecule has 1 aromatic rings. The highest BCUT2D eigenvalue weighted by molar-refractivity contribution is 5.96. The third kappa shape index (κ3) is 2.52. The summed E-state index contributed by atoms with van der Waals surface area (Å²) in [4.78, 5) is 12.6. The summed E-state index contributed by atoms with van der Waals surface area (Å²) in [6.07, 6.45) is 2.89. The van der Waals surface area contributed by atoms with Gasteiger partial charge in [0.25, 0.3) is 0 Å². The predicted molar refractivity (Wildman–Crippen MR) is 76.1 cm³/mol. The minimum Gasteiger partial charge on any atom is -0.322 e. The fraction of sp³-hybridized carbons (Fsp3) is 0.714. The number of hydrogen-bond acceptors (Lipinski definition) is 3. The van der Waals surface area contributed by atoms with Crippen molar-refractivity contribution in [3.63, 3.8) is 0 Å². The van der Waals surface area contributed by atoms with E-state index in [-0.39, 0.29) is 11.3 Å². The van der Waals surface area contributed by atoms with Crippen LogP contribution in [-0.2, 0) is 11.8 Å². The van der Waals surface area contributed by atoms with Crippen LogP contribution < -0.4 is 10.6 Å². The van der Waals surface area contributed by atoms with Crippen LogP contribution in [0.2, 0.25) is 0 Å². The summed E-state index contributed by atoms with van der Waals surface area (Å²) in [6, 6.07) is 0. The number of carbonyl (C=O) groups excluding carboxylic acids is 1. The lowest BCUT2D eigenvalue weighted by Gasteiger charge is -2.35.